The zero-order chi connectivity index (χ0) is 15.2. The van der Waals surface area contributed by atoms with E-state index in [1.807, 2.05) is 18.3 Å². The van der Waals surface area contributed by atoms with Gasteiger partial charge in [0.2, 0.25) is 0 Å². The van der Waals surface area contributed by atoms with Crippen molar-refractivity contribution in [2.24, 2.45) is 0 Å². The highest BCUT2D eigenvalue weighted by atomic mass is 14.7. The molecule has 1 aromatic heterocycles. The van der Waals surface area contributed by atoms with Crippen molar-refractivity contribution in [2.75, 3.05) is 0 Å². The summed E-state index contributed by atoms with van der Waals surface area (Å²) >= 11 is 0. The highest BCUT2D eigenvalue weighted by molar-refractivity contribution is 6.01. The van der Waals surface area contributed by atoms with E-state index in [0.717, 1.165) is 12.1 Å². The molecule has 4 aromatic rings. The van der Waals surface area contributed by atoms with Crippen LogP contribution in [0.2, 0.25) is 0 Å². The molecule has 0 N–H and O–H groups in total. The van der Waals surface area contributed by atoms with Crippen molar-refractivity contribution in [1.82, 2.24) is 4.98 Å². The maximum Gasteiger partial charge on any atom is 0.0702 e. The molecular weight excluding hydrogens is 278 g/mol. The number of pyridine rings is 1. The molecule has 0 amide bonds. The van der Waals surface area contributed by atoms with E-state index < -0.39 is 0 Å². The lowest BCUT2D eigenvalue weighted by atomic mass is 9.97. The van der Waals surface area contributed by atoms with Gasteiger partial charge in [0.1, 0.15) is 0 Å². The largest absolute Gasteiger partial charge is 0.256 e. The predicted octanol–water partition coefficient (Wildman–Crippen LogP) is 5.47. The number of rotatable bonds is 1. The fraction of sp³-hybridized carbons (Fsp3) is 0.0455. The van der Waals surface area contributed by atoms with E-state index >= 15 is 0 Å². The number of fused-ring (bicyclic) bond motifs is 5. The van der Waals surface area contributed by atoms with Crippen LogP contribution in [-0.2, 0) is 6.42 Å². The molecule has 0 saturated heterocycles. The molecule has 1 aliphatic rings. The molecule has 108 valence electrons. The van der Waals surface area contributed by atoms with E-state index in [9.17, 15) is 0 Å². The summed E-state index contributed by atoms with van der Waals surface area (Å²) in [4.78, 5) is 4.47. The van der Waals surface area contributed by atoms with Gasteiger partial charge in [-0.1, -0.05) is 54.6 Å². The van der Waals surface area contributed by atoms with Crippen LogP contribution < -0.4 is 0 Å². The Kier molecular flexibility index (Phi) is 2.62. The molecule has 0 radical (unpaired) electrons. The van der Waals surface area contributed by atoms with Crippen LogP contribution in [0.1, 0.15) is 11.1 Å². The van der Waals surface area contributed by atoms with Gasteiger partial charge in [0.15, 0.2) is 0 Å². The fourth-order valence-electron chi connectivity index (χ4n) is 3.66. The van der Waals surface area contributed by atoms with Crippen LogP contribution in [0.25, 0.3) is 33.2 Å². The summed E-state index contributed by atoms with van der Waals surface area (Å²) in [5.41, 5.74) is 7.84. The maximum atomic E-state index is 4.47. The summed E-state index contributed by atoms with van der Waals surface area (Å²) in [7, 11) is 0. The van der Waals surface area contributed by atoms with E-state index in [0.29, 0.717) is 0 Å². The monoisotopic (exact) mass is 293 g/mol. The van der Waals surface area contributed by atoms with Gasteiger partial charge in [-0.05, 0) is 57.6 Å². The zero-order valence-electron chi connectivity index (χ0n) is 12.7. The third kappa shape index (κ3) is 1.90. The number of benzene rings is 3. The molecule has 3 aromatic carbocycles. The Hall–Kier alpha value is -2.93. The van der Waals surface area contributed by atoms with Crippen molar-refractivity contribution in [3.8, 4) is 22.4 Å². The van der Waals surface area contributed by atoms with Gasteiger partial charge in [-0.3, -0.25) is 4.98 Å². The van der Waals surface area contributed by atoms with Crippen LogP contribution >= 0.6 is 0 Å². The summed E-state index contributed by atoms with van der Waals surface area (Å²) < 4.78 is 0. The van der Waals surface area contributed by atoms with E-state index in [1.165, 1.54) is 38.6 Å². The minimum atomic E-state index is 1.01. The Bertz CT molecular complexity index is 1030. The molecule has 1 nitrogen and oxygen atoms in total. The Labute approximate surface area is 135 Å². The van der Waals surface area contributed by atoms with Crippen LogP contribution in [0.3, 0.4) is 0 Å². The number of aromatic nitrogens is 1. The molecule has 0 unspecified atom stereocenters. The van der Waals surface area contributed by atoms with Crippen molar-refractivity contribution >= 4 is 10.8 Å². The Morgan fingerprint density at radius 3 is 2.57 bits per heavy atom. The fourth-order valence-corrected chi connectivity index (χ4v) is 3.66. The van der Waals surface area contributed by atoms with Crippen LogP contribution in [-0.4, -0.2) is 4.98 Å². The summed E-state index contributed by atoms with van der Waals surface area (Å²) in [6.07, 6.45) is 2.86. The van der Waals surface area contributed by atoms with Gasteiger partial charge in [0.05, 0.1) is 5.69 Å². The van der Waals surface area contributed by atoms with Gasteiger partial charge in [0.25, 0.3) is 0 Å². The quantitative estimate of drug-likeness (QED) is 0.399. The van der Waals surface area contributed by atoms with Crippen molar-refractivity contribution < 1.29 is 0 Å². The van der Waals surface area contributed by atoms with Gasteiger partial charge in [0, 0.05) is 11.8 Å². The second-order valence-corrected chi connectivity index (χ2v) is 6.08. The average Bonchev–Trinajstić information content (AvgIpc) is 3.00. The SMILES string of the molecule is c1ccc(-c2ccc3c(c2)Cc2ccc4ccccc4c2-3)nc1. The Balaban J connectivity index is 1.72. The highest BCUT2D eigenvalue weighted by Gasteiger charge is 2.21. The molecule has 0 saturated carbocycles. The minimum Gasteiger partial charge on any atom is -0.256 e. The molecule has 0 spiro atoms. The van der Waals surface area contributed by atoms with Gasteiger partial charge >= 0.3 is 0 Å². The second kappa shape index (κ2) is 4.79. The first-order valence-electron chi connectivity index (χ1n) is 7.95. The molecular formula is C22H15N. The molecule has 0 aliphatic heterocycles. The molecule has 0 atom stereocenters. The van der Waals surface area contributed by atoms with Crippen LogP contribution in [0.5, 0.6) is 0 Å². The van der Waals surface area contributed by atoms with E-state index in [4.69, 9.17) is 0 Å². The summed E-state index contributed by atoms with van der Waals surface area (Å²) in [6, 6.07) is 26.0. The van der Waals surface area contributed by atoms with Gasteiger partial charge in [-0.25, -0.2) is 0 Å². The first kappa shape index (κ1) is 12.6. The third-order valence-electron chi connectivity index (χ3n) is 4.73. The van der Waals surface area contributed by atoms with Crippen molar-refractivity contribution in [3.63, 3.8) is 0 Å². The van der Waals surface area contributed by atoms with E-state index in [2.05, 4.69) is 65.6 Å². The summed E-state index contributed by atoms with van der Waals surface area (Å²) in [5, 5.41) is 2.67. The Morgan fingerprint density at radius 1 is 0.739 bits per heavy atom. The standard InChI is InChI=1S/C22H15N/c1-2-6-19-15(5-1)8-9-17-14-18-13-16(10-11-20(18)22(17)19)21-7-3-4-12-23-21/h1-13H,14H2. The van der Waals surface area contributed by atoms with Crippen LogP contribution in [0.15, 0.2) is 79.0 Å². The van der Waals surface area contributed by atoms with Crippen molar-refractivity contribution in [2.45, 2.75) is 6.42 Å². The van der Waals surface area contributed by atoms with Gasteiger partial charge < -0.3 is 0 Å². The molecule has 1 aliphatic carbocycles. The zero-order valence-corrected chi connectivity index (χ0v) is 12.7. The third-order valence-corrected chi connectivity index (χ3v) is 4.73. The molecule has 0 fully saturated rings. The van der Waals surface area contributed by atoms with E-state index in [1.54, 1.807) is 0 Å². The normalized spacial score (nSPS) is 12.2. The molecule has 5 rings (SSSR count). The minimum absolute atomic E-state index is 1.01. The maximum absolute atomic E-state index is 4.47. The smallest absolute Gasteiger partial charge is 0.0702 e. The van der Waals surface area contributed by atoms with Crippen molar-refractivity contribution in [3.05, 3.63) is 90.1 Å². The lowest BCUT2D eigenvalue weighted by Crippen LogP contribution is -1.85. The first-order valence-corrected chi connectivity index (χ1v) is 7.95. The van der Waals surface area contributed by atoms with E-state index in [-0.39, 0.29) is 0 Å². The van der Waals surface area contributed by atoms with Crippen molar-refractivity contribution in [1.29, 1.82) is 0 Å². The number of hydrogen-bond donors (Lipinski definition) is 0. The molecule has 1 heterocycles. The predicted molar refractivity (Wildman–Crippen MR) is 95.4 cm³/mol. The molecule has 23 heavy (non-hydrogen) atoms. The number of hydrogen-bond acceptors (Lipinski definition) is 1. The van der Waals surface area contributed by atoms with Gasteiger partial charge in [-0.2, -0.15) is 0 Å². The molecule has 1 heteroatoms. The second-order valence-electron chi connectivity index (χ2n) is 6.08. The number of nitrogens with zero attached hydrogens (tertiary/aromatic N) is 1. The van der Waals surface area contributed by atoms with Gasteiger partial charge in [-0.15, -0.1) is 0 Å². The average molecular weight is 293 g/mol. The van der Waals surface area contributed by atoms with Crippen LogP contribution in [0, 0.1) is 0 Å². The summed E-state index contributed by atoms with van der Waals surface area (Å²) in [5.74, 6) is 0. The highest BCUT2D eigenvalue weighted by Crippen LogP contribution is 2.42. The first-order chi connectivity index (χ1) is 11.4. The Morgan fingerprint density at radius 2 is 1.65 bits per heavy atom. The lowest BCUT2D eigenvalue weighted by molar-refractivity contribution is 1.26. The molecule has 0 bridgehead atoms. The topological polar surface area (TPSA) is 12.9 Å². The summed E-state index contributed by atoms with van der Waals surface area (Å²) in [6.45, 7) is 0. The lowest BCUT2D eigenvalue weighted by Gasteiger charge is -2.07. The van der Waals surface area contributed by atoms with Crippen LogP contribution in [0.4, 0.5) is 0 Å².